The van der Waals surface area contributed by atoms with E-state index in [1.165, 1.54) is 0 Å². The third-order valence-electron chi connectivity index (χ3n) is 2.83. The largest absolute Gasteiger partial charge is 0.383 e. The second-order valence-electron chi connectivity index (χ2n) is 5.47. The van der Waals surface area contributed by atoms with Crippen LogP contribution in [0.3, 0.4) is 0 Å². The summed E-state index contributed by atoms with van der Waals surface area (Å²) in [4.78, 5) is 14.7. The summed E-state index contributed by atoms with van der Waals surface area (Å²) < 4.78 is 7.54. The Kier molecular flexibility index (Phi) is 5.75. The summed E-state index contributed by atoms with van der Waals surface area (Å²) in [5.74, 6) is 0.0139. The van der Waals surface area contributed by atoms with Crippen LogP contribution in [0, 0.1) is 4.77 Å². The van der Waals surface area contributed by atoms with Crippen molar-refractivity contribution in [3.8, 4) is 0 Å². The van der Waals surface area contributed by atoms with Crippen LogP contribution in [0.5, 0.6) is 0 Å². The zero-order valence-electron chi connectivity index (χ0n) is 12.1. The van der Waals surface area contributed by atoms with Crippen LogP contribution in [0.2, 0.25) is 0 Å². The van der Waals surface area contributed by atoms with E-state index in [1.807, 2.05) is 10.8 Å². The molecule has 0 fully saturated rings. The molecule has 6 heteroatoms. The Morgan fingerprint density at radius 2 is 2.21 bits per heavy atom. The predicted molar refractivity (Wildman–Crippen MR) is 77.8 cm³/mol. The molecule has 0 saturated carbocycles. The quantitative estimate of drug-likeness (QED) is 0.621. The van der Waals surface area contributed by atoms with E-state index in [9.17, 15) is 4.79 Å². The molecule has 0 aromatic carbocycles. The van der Waals surface area contributed by atoms with Gasteiger partial charge in [-0.2, -0.15) is 0 Å². The minimum Gasteiger partial charge on any atom is -0.383 e. The number of amides is 1. The second kappa shape index (κ2) is 6.86. The van der Waals surface area contributed by atoms with Gasteiger partial charge in [-0.1, -0.05) is 20.8 Å². The Morgan fingerprint density at radius 3 is 2.79 bits per heavy atom. The van der Waals surface area contributed by atoms with Crippen molar-refractivity contribution in [1.29, 1.82) is 0 Å². The number of ether oxygens (including phenoxy) is 1. The maximum Gasteiger partial charge on any atom is 0.221 e. The Balaban J connectivity index is 2.61. The number of H-pyrrole nitrogens is 1. The number of nitrogens with zero attached hydrogens (tertiary/aromatic N) is 1. The van der Waals surface area contributed by atoms with Gasteiger partial charge in [0.1, 0.15) is 0 Å². The van der Waals surface area contributed by atoms with Crippen LogP contribution in [-0.2, 0) is 21.5 Å². The number of carbonyl (C=O) groups excluding carboxylic acids is 1. The van der Waals surface area contributed by atoms with Crippen molar-refractivity contribution >= 4 is 18.1 Å². The third-order valence-corrected chi connectivity index (χ3v) is 3.17. The predicted octanol–water partition coefficient (Wildman–Crippen LogP) is 2.00. The van der Waals surface area contributed by atoms with Crippen LogP contribution in [0.4, 0.5) is 0 Å². The lowest BCUT2D eigenvalue weighted by atomic mass is 9.92. The molecule has 0 unspecified atom stereocenters. The molecule has 0 saturated heterocycles. The van der Waals surface area contributed by atoms with Gasteiger partial charge in [0.15, 0.2) is 4.77 Å². The smallest absolute Gasteiger partial charge is 0.221 e. The normalized spacial score (nSPS) is 11.6. The molecule has 0 radical (unpaired) electrons. The molecule has 0 aliphatic rings. The van der Waals surface area contributed by atoms with Gasteiger partial charge in [0.05, 0.1) is 6.61 Å². The van der Waals surface area contributed by atoms with Crippen molar-refractivity contribution in [3.05, 3.63) is 16.7 Å². The first kappa shape index (κ1) is 15.9. The Bertz CT molecular complexity index is 471. The van der Waals surface area contributed by atoms with Gasteiger partial charge in [0, 0.05) is 43.9 Å². The summed E-state index contributed by atoms with van der Waals surface area (Å²) in [6.07, 6.45) is 2.34. The van der Waals surface area contributed by atoms with Gasteiger partial charge < -0.3 is 19.6 Å². The van der Waals surface area contributed by atoms with Crippen molar-refractivity contribution in [1.82, 2.24) is 14.9 Å². The zero-order chi connectivity index (χ0) is 14.5. The van der Waals surface area contributed by atoms with E-state index in [2.05, 4.69) is 31.1 Å². The topological polar surface area (TPSA) is 59.0 Å². The van der Waals surface area contributed by atoms with Gasteiger partial charge in [-0.3, -0.25) is 4.79 Å². The van der Waals surface area contributed by atoms with Crippen LogP contribution in [0.1, 0.15) is 32.9 Å². The summed E-state index contributed by atoms with van der Waals surface area (Å²) >= 11 is 5.26. The molecular formula is C13H23N3O2S. The molecule has 1 aromatic heterocycles. The minimum absolute atomic E-state index is 0.0000861. The van der Waals surface area contributed by atoms with E-state index < -0.39 is 0 Å². The van der Waals surface area contributed by atoms with Crippen LogP contribution < -0.4 is 5.32 Å². The van der Waals surface area contributed by atoms with Crippen LogP contribution in [-0.4, -0.2) is 35.7 Å². The molecule has 108 valence electrons. The number of carbonyl (C=O) groups is 1. The summed E-state index contributed by atoms with van der Waals surface area (Å²) in [5, 5.41) is 2.80. The van der Waals surface area contributed by atoms with Crippen LogP contribution >= 0.6 is 12.2 Å². The van der Waals surface area contributed by atoms with E-state index in [4.69, 9.17) is 17.0 Å². The molecule has 0 spiro atoms. The molecule has 0 atom stereocenters. The van der Waals surface area contributed by atoms with E-state index in [-0.39, 0.29) is 11.3 Å². The van der Waals surface area contributed by atoms with Crippen LogP contribution in [0.15, 0.2) is 6.20 Å². The van der Waals surface area contributed by atoms with Gasteiger partial charge >= 0.3 is 0 Å². The Morgan fingerprint density at radius 1 is 1.53 bits per heavy atom. The first-order valence-electron chi connectivity index (χ1n) is 6.40. The fourth-order valence-electron chi connectivity index (χ4n) is 1.83. The first-order valence-corrected chi connectivity index (χ1v) is 6.81. The highest BCUT2D eigenvalue weighted by molar-refractivity contribution is 7.71. The summed E-state index contributed by atoms with van der Waals surface area (Å²) in [6, 6.07) is 0. The van der Waals surface area contributed by atoms with Gasteiger partial charge in [0.2, 0.25) is 5.91 Å². The molecule has 1 rings (SSSR count). The molecule has 19 heavy (non-hydrogen) atoms. The van der Waals surface area contributed by atoms with Crippen molar-refractivity contribution in [3.63, 3.8) is 0 Å². The average molecular weight is 285 g/mol. The highest BCUT2D eigenvalue weighted by Gasteiger charge is 2.19. The van der Waals surface area contributed by atoms with Gasteiger partial charge in [-0.25, -0.2) is 0 Å². The molecule has 1 aromatic rings. The minimum atomic E-state index is 0.0000861. The summed E-state index contributed by atoms with van der Waals surface area (Å²) in [7, 11) is 1.61. The number of aromatic nitrogens is 2. The third kappa shape index (κ3) is 4.80. The number of nitrogens with one attached hydrogen (secondary N) is 2. The second-order valence-corrected chi connectivity index (χ2v) is 5.86. The van der Waals surface area contributed by atoms with Gasteiger partial charge in [0.25, 0.3) is 0 Å². The fourth-order valence-corrected chi connectivity index (χ4v) is 2.08. The maximum absolute atomic E-state index is 11.7. The molecule has 2 N–H and O–H groups in total. The number of rotatable bonds is 6. The number of hydrogen-bond acceptors (Lipinski definition) is 3. The molecular weight excluding hydrogens is 262 g/mol. The molecule has 0 aliphatic carbocycles. The number of methoxy groups -OCH3 is 1. The first-order chi connectivity index (χ1) is 8.86. The van der Waals surface area contributed by atoms with Crippen LogP contribution in [0.25, 0.3) is 0 Å². The highest BCUT2D eigenvalue weighted by atomic mass is 32.1. The SMILES string of the molecule is COCCNC(=O)CCn1c(C(C)(C)C)c[nH]c1=S. The molecule has 0 bridgehead atoms. The van der Waals surface area contributed by atoms with E-state index in [0.717, 1.165) is 5.69 Å². The number of aromatic amines is 1. The summed E-state index contributed by atoms with van der Waals surface area (Å²) in [5.41, 5.74) is 1.11. The average Bonchev–Trinajstić information content (AvgIpc) is 2.68. The molecule has 1 amide bonds. The summed E-state index contributed by atoms with van der Waals surface area (Å²) in [6.45, 7) is 8.04. The van der Waals surface area contributed by atoms with E-state index >= 15 is 0 Å². The van der Waals surface area contributed by atoms with E-state index in [0.29, 0.717) is 30.9 Å². The number of hydrogen-bond donors (Lipinski definition) is 2. The number of imidazole rings is 1. The Hall–Kier alpha value is -1.14. The maximum atomic E-state index is 11.7. The molecule has 1 heterocycles. The van der Waals surface area contributed by atoms with Crippen molar-refractivity contribution in [2.24, 2.45) is 0 Å². The zero-order valence-corrected chi connectivity index (χ0v) is 12.9. The lowest BCUT2D eigenvalue weighted by Crippen LogP contribution is -2.28. The lowest BCUT2D eigenvalue weighted by Gasteiger charge is -2.20. The van der Waals surface area contributed by atoms with Crippen molar-refractivity contribution in [2.45, 2.75) is 39.2 Å². The standard InChI is InChI=1S/C13H23N3O2S/c1-13(2,3)10-9-15-12(19)16(10)7-5-11(17)14-6-8-18-4/h9H,5-8H2,1-4H3,(H,14,17)(H,15,19). The monoisotopic (exact) mass is 285 g/mol. The Labute approximate surface area is 119 Å². The van der Waals surface area contributed by atoms with Gasteiger partial charge in [-0.05, 0) is 12.2 Å². The van der Waals surface area contributed by atoms with Crippen molar-refractivity contribution in [2.75, 3.05) is 20.3 Å². The fraction of sp³-hybridized carbons (Fsp3) is 0.692. The van der Waals surface area contributed by atoms with Crippen molar-refractivity contribution < 1.29 is 9.53 Å². The van der Waals surface area contributed by atoms with E-state index in [1.54, 1.807) is 7.11 Å². The lowest BCUT2D eigenvalue weighted by molar-refractivity contribution is -0.121. The molecule has 0 aliphatic heterocycles. The van der Waals surface area contributed by atoms with Gasteiger partial charge in [-0.15, -0.1) is 0 Å². The highest BCUT2D eigenvalue weighted by Crippen LogP contribution is 2.22. The molecule has 5 nitrogen and oxygen atoms in total.